The molecule has 0 saturated carbocycles. The van der Waals surface area contributed by atoms with E-state index in [1.807, 2.05) is 9.80 Å². The molecule has 0 aromatic carbocycles. The molecule has 20 heavy (non-hydrogen) atoms. The summed E-state index contributed by atoms with van der Waals surface area (Å²) in [7, 11) is 0. The van der Waals surface area contributed by atoms with Gasteiger partial charge in [-0.2, -0.15) is 0 Å². The molecule has 2 saturated heterocycles. The molecule has 1 N–H and O–H groups in total. The van der Waals surface area contributed by atoms with E-state index >= 15 is 0 Å². The number of hydrogen-bond donors (Lipinski definition) is 1. The Balaban J connectivity index is 1.77. The van der Waals surface area contributed by atoms with Crippen LogP contribution in [0.4, 0.5) is 5.95 Å². The molecule has 2 fully saturated rings. The molecule has 6 heteroatoms. The minimum Gasteiger partial charge on any atom is -0.394 e. The zero-order valence-electron chi connectivity index (χ0n) is 11.5. The molecule has 2 aliphatic rings. The number of nitrogens with zero attached hydrogens (tertiary/aromatic N) is 4. The van der Waals surface area contributed by atoms with Gasteiger partial charge in [0.2, 0.25) is 11.9 Å². The van der Waals surface area contributed by atoms with E-state index in [-0.39, 0.29) is 24.6 Å². The molecule has 1 amide bonds. The number of likely N-dealkylation sites (tertiary alicyclic amines) is 1. The fourth-order valence-electron chi connectivity index (χ4n) is 3.21. The number of aromatic nitrogens is 2. The lowest BCUT2D eigenvalue weighted by Gasteiger charge is -2.30. The lowest BCUT2D eigenvalue weighted by Crippen LogP contribution is -2.48. The van der Waals surface area contributed by atoms with Crippen molar-refractivity contribution < 1.29 is 9.90 Å². The molecule has 3 rings (SSSR count). The molecule has 2 atom stereocenters. The van der Waals surface area contributed by atoms with Crippen molar-refractivity contribution in [1.82, 2.24) is 14.9 Å². The molecule has 1 aromatic heterocycles. The standard InChI is InChI=1S/C14H20N4O2/c19-10-11-4-1-8-17(11)13(20)12-5-2-9-18(12)14-15-6-3-7-16-14/h3,6-7,11-12,19H,1-2,4-5,8-10H2/t11-,12?/m1/s1. The van der Waals surface area contributed by atoms with Crippen molar-refractivity contribution in [3.05, 3.63) is 18.5 Å². The van der Waals surface area contributed by atoms with E-state index in [1.54, 1.807) is 18.5 Å². The zero-order valence-corrected chi connectivity index (χ0v) is 11.5. The maximum atomic E-state index is 12.7. The number of rotatable bonds is 3. The summed E-state index contributed by atoms with van der Waals surface area (Å²) in [6, 6.07) is 1.59. The van der Waals surface area contributed by atoms with Crippen molar-refractivity contribution in [3.8, 4) is 0 Å². The first-order valence-corrected chi connectivity index (χ1v) is 7.26. The summed E-state index contributed by atoms with van der Waals surface area (Å²) < 4.78 is 0. The van der Waals surface area contributed by atoms with Gasteiger partial charge in [-0.05, 0) is 31.7 Å². The van der Waals surface area contributed by atoms with Gasteiger partial charge < -0.3 is 14.9 Å². The Labute approximate surface area is 118 Å². The van der Waals surface area contributed by atoms with E-state index in [9.17, 15) is 9.90 Å². The lowest BCUT2D eigenvalue weighted by atomic mass is 10.1. The second kappa shape index (κ2) is 5.75. The quantitative estimate of drug-likeness (QED) is 0.867. The van der Waals surface area contributed by atoms with E-state index in [0.29, 0.717) is 5.95 Å². The second-order valence-electron chi connectivity index (χ2n) is 5.41. The number of aliphatic hydroxyl groups excluding tert-OH is 1. The first-order valence-electron chi connectivity index (χ1n) is 7.26. The van der Waals surface area contributed by atoms with E-state index in [1.165, 1.54) is 0 Å². The minimum atomic E-state index is -0.176. The Hall–Kier alpha value is -1.69. The number of amides is 1. The van der Waals surface area contributed by atoms with E-state index in [4.69, 9.17) is 0 Å². The summed E-state index contributed by atoms with van der Waals surface area (Å²) in [5.74, 6) is 0.745. The molecule has 6 nitrogen and oxygen atoms in total. The average molecular weight is 276 g/mol. The summed E-state index contributed by atoms with van der Waals surface area (Å²) in [6.07, 6.45) is 7.10. The van der Waals surface area contributed by atoms with Gasteiger partial charge in [-0.1, -0.05) is 0 Å². The third kappa shape index (κ3) is 2.35. The monoisotopic (exact) mass is 276 g/mol. The topological polar surface area (TPSA) is 69.6 Å². The van der Waals surface area contributed by atoms with Crippen molar-refractivity contribution in [1.29, 1.82) is 0 Å². The van der Waals surface area contributed by atoms with Gasteiger partial charge in [0.25, 0.3) is 0 Å². The van der Waals surface area contributed by atoms with Crippen LogP contribution >= 0.6 is 0 Å². The first kappa shape index (κ1) is 13.3. The van der Waals surface area contributed by atoms with Gasteiger partial charge in [-0.3, -0.25) is 4.79 Å². The van der Waals surface area contributed by atoms with Crippen LogP contribution in [0, 0.1) is 0 Å². The first-order chi connectivity index (χ1) is 9.81. The Morgan fingerprint density at radius 1 is 1.25 bits per heavy atom. The zero-order chi connectivity index (χ0) is 13.9. The van der Waals surface area contributed by atoms with Crippen LogP contribution in [0.15, 0.2) is 18.5 Å². The molecular weight excluding hydrogens is 256 g/mol. The highest BCUT2D eigenvalue weighted by Gasteiger charge is 2.38. The number of carbonyl (C=O) groups is 1. The maximum absolute atomic E-state index is 12.7. The third-order valence-electron chi connectivity index (χ3n) is 4.22. The minimum absolute atomic E-state index is 0.0124. The van der Waals surface area contributed by atoms with Gasteiger partial charge in [0.15, 0.2) is 0 Å². The molecule has 0 spiro atoms. The smallest absolute Gasteiger partial charge is 0.245 e. The molecule has 0 aliphatic carbocycles. The molecule has 108 valence electrons. The van der Waals surface area contributed by atoms with Gasteiger partial charge >= 0.3 is 0 Å². The van der Waals surface area contributed by atoms with Crippen molar-refractivity contribution in [2.75, 3.05) is 24.6 Å². The fraction of sp³-hybridized carbons (Fsp3) is 0.643. The Morgan fingerprint density at radius 2 is 2.00 bits per heavy atom. The number of carbonyl (C=O) groups excluding carboxylic acids is 1. The number of aliphatic hydroxyl groups is 1. The summed E-state index contributed by atoms with van der Waals surface area (Å²) in [6.45, 7) is 1.63. The number of anilines is 1. The van der Waals surface area contributed by atoms with Gasteiger partial charge in [-0.25, -0.2) is 9.97 Å². The third-order valence-corrected chi connectivity index (χ3v) is 4.22. The van der Waals surface area contributed by atoms with Crippen LogP contribution in [0.1, 0.15) is 25.7 Å². The van der Waals surface area contributed by atoms with E-state index in [0.717, 1.165) is 38.8 Å². The summed E-state index contributed by atoms with van der Waals surface area (Å²) in [4.78, 5) is 25.1. The molecule has 1 aromatic rings. The predicted molar refractivity (Wildman–Crippen MR) is 74.2 cm³/mol. The van der Waals surface area contributed by atoms with Crippen LogP contribution < -0.4 is 4.90 Å². The summed E-state index contributed by atoms with van der Waals surface area (Å²) in [5, 5.41) is 9.38. The predicted octanol–water partition coefficient (Wildman–Crippen LogP) is 0.429. The summed E-state index contributed by atoms with van der Waals surface area (Å²) in [5.41, 5.74) is 0. The fourth-order valence-corrected chi connectivity index (χ4v) is 3.21. The van der Waals surface area contributed by atoms with Crippen LogP contribution in [0.3, 0.4) is 0 Å². The lowest BCUT2D eigenvalue weighted by molar-refractivity contribution is -0.133. The van der Waals surface area contributed by atoms with E-state index in [2.05, 4.69) is 9.97 Å². The van der Waals surface area contributed by atoms with Gasteiger partial charge in [0.05, 0.1) is 12.6 Å². The van der Waals surface area contributed by atoms with Gasteiger partial charge in [0, 0.05) is 25.5 Å². The normalized spacial score (nSPS) is 26.2. The highest BCUT2D eigenvalue weighted by Crippen LogP contribution is 2.26. The average Bonchev–Trinajstić information content (AvgIpc) is 3.16. The molecule has 2 aliphatic heterocycles. The number of hydrogen-bond acceptors (Lipinski definition) is 5. The van der Waals surface area contributed by atoms with Crippen molar-refractivity contribution >= 4 is 11.9 Å². The van der Waals surface area contributed by atoms with Gasteiger partial charge in [0.1, 0.15) is 6.04 Å². The SMILES string of the molecule is O=C(C1CCCN1c1ncccn1)N1CCC[C@@H]1CO. The molecular formula is C14H20N4O2. The van der Waals surface area contributed by atoms with Gasteiger partial charge in [-0.15, -0.1) is 0 Å². The van der Waals surface area contributed by atoms with Crippen LogP contribution in [-0.2, 0) is 4.79 Å². The summed E-state index contributed by atoms with van der Waals surface area (Å²) >= 11 is 0. The second-order valence-corrected chi connectivity index (χ2v) is 5.41. The van der Waals surface area contributed by atoms with Crippen LogP contribution in [-0.4, -0.2) is 57.7 Å². The Morgan fingerprint density at radius 3 is 2.75 bits per heavy atom. The van der Waals surface area contributed by atoms with Crippen molar-refractivity contribution in [2.45, 2.75) is 37.8 Å². The molecule has 0 radical (unpaired) electrons. The van der Waals surface area contributed by atoms with Crippen LogP contribution in [0.5, 0.6) is 0 Å². The molecule has 1 unspecified atom stereocenters. The maximum Gasteiger partial charge on any atom is 0.245 e. The highest BCUT2D eigenvalue weighted by atomic mass is 16.3. The Bertz CT molecular complexity index is 468. The Kier molecular flexibility index (Phi) is 3.82. The largest absolute Gasteiger partial charge is 0.394 e. The molecule has 0 bridgehead atoms. The molecule has 3 heterocycles. The van der Waals surface area contributed by atoms with Crippen molar-refractivity contribution in [3.63, 3.8) is 0 Å². The van der Waals surface area contributed by atoms with Crippen molar-refractivity contribution in [2.24, 2.45) is 0 Å². The van der Waals surface area contributed by atoms with Crippen LogP contribution in [0.25, 0.3) is 0 Å². The van der Waals surface area contributed by atoms with E-state index < -0.39 is 0 Å². The highest BCUT2D eigenvalue weighted by molar-refractivity contribution is 5.85. The van der Waals surface area contributed by atoms with Crippen LogP contribution in [0.2, 0.25) is 0 Å².